The van der Waals surface area contributed by atoms with Gasteiger partial charge < -0.3 is 9.80 Å². The molecular weight excluding hydrogens is 354 g/mol. The lowest BCUT2D eigenvalue weighted by atomic mass is 10.0. The fraction of sp³-hybridized carbons (Fsp3) is 0.381. The molecule has 2 aromatic heterocycles. The molecule has 2 unspecified atom stereocenters. The minimum atomic E-state index is 0.604. The van der Waals surface area contributed by atoms with Crippen molar-refractivity contribution in [2.24, 2.45) is 11.8 Å². The molecule has 5 rings (SSSR count). The second-order valence-electron chi connectivity index (χ2n) is 7.69. The number of pyridine rings is 1. The molecule has 2 aliphatic heterocycles. The molecule has 0 bridgehead atoms. The number of hydrogen-bond donors (Lipinski definition) is 0. The van der Waals surface area contributed by atoms with Crippen LogP contribution in [0.2, 0.25) is 0 Å². The number of benzene rings is 1. The van der Waals surface area contributed by atoms with Crippen molar-refractivity contribution < 1.29 is 0 Å². The predicted octanol–water partition coefficient (Wildman–Crippen LogP) is 3.75. The molecule has 0 spiro atoms. The van der Waals surface area contributed by atoms with E-state index in [0.29, 0.717) is 17.4 Å². The van der Waals surface area contributed by atoms with E-state index < -0.39 is 0 Å². The topological polar surface area (TPSA) is 56.0 Å². The molecule has 0 radical (unpaired) electrons. The second-order valence-corrected chi connectivity index (χ2v) is 8.67. The van der Waals surface area contributed by atoms with E-state index in [-0.39, 0.29) is 0 Å². The molecule has 2 saturated heterocycles. The number of aryl methyl sites for hydroxylation is 2. The number of thiazole rings is 1. The normalized spacial score (nSPS) is 21.7. The number of aromatic nitrogens is 2. The zero-order valence-corrected chi connectivity index (χ0v) is 16.3. The van der Waals surface area contributed by atoms with E-state index in [4.69, 9.17) is 4.98 Å². The van der Waals surface area contributed by atoms with Crippen LogP contribution in [0.5, 0.6) is 0 Å². The highest BCUT2D eigenvalue weighted by Crippen LogP contribution is 2.39. The third kappa shape index (κ3) is 2.65. The summed E-state index contributed by atoms with van der Waals surface area (Å²) >= 11 is 1.82. The molecule has 0 N–H and O–H groups in total. The molecule has 3 aromatic rings. The summed E-state index contributed by atoms with van der Waals surface area (Å²) in [6.45, 7) is 8.31. The molecule has 2 fully saturated rings. The van der Waals surface area contributed by atoms with Crippen LogP contribution in [-0.4, -0.2) is 36.1 Å². The average molecular weight is 376 g/mol. The Hall–Kier alpha value is -2.65. The van der Waals surface area contributed by atoms with E-state index in [1.807, 2.05) is 23.5 Å². The molecule has 2 atom stereocenters. The summed E-state index contributed by atoms with van der Waals surface area (Å²) < 4.78 is 1.32. The van der Waals surface area contributed by atoms with Crippen LogP contribution in [0.15, 0.2) is 30.5 Å². The molecule has 2 aliphatic rings. The van der Waals surface area contributed by atoms with Crippen LogP contribution in [-0.2, 0) is 0 Å². The van der Waals surface area contributed by atoms with Gasteiger partial charge in [0.2, 0.25) is 0 Å². The molecule has 136 valence electrons. The number of fused-ring (bicyclic) bond motifs is 2. The van der Waals surface area contributed by atoms with E-state index in [2.05, 4.69) is 46.8 Å². The van der Waals surface area contributed by atoms with Gasteiger partial charge in [-0.05, 0) is 37.1 Å². The molecule has 0 saturated carbocycles. The van der Waals surface area contributed by atoms with Crippen LogP contribution in [0.4, 0.5) is 10.9 Å². The first-order chi connectivity index (χ1) is 13.1. The van der Waals surface area contributed by atoms with Gasteiger partial charge in [-0.3, -0.25) is 0 Å². The van der Waals surface area contributed by atoms with Crippen molar-refractivity contribution in [3.05, 3.63) is 47.2 Å². The predicted molar refractivity (Wildman–Crippen MR) is 109 cm³/mol. The molecular formula is C21H21N5S. The number of nitrogens with zero attached hydrogens (tertiary/aromatic N) is 5. The van der Waals surface area contributed by atoms with Gasteiger partial charge in [-0.15, -0.1) is 0 Å². The Morgan fingerprint density at radius 1 is 1.04 bits per heavy atom. The zero-order valence-electron chi connectivity index (χ0n) is 15.5. The van der Waals surface area contributed by atoms with Gasteiger partial charge in [-0.1, -0.05) is 23.5 Å². The minimum Gasteiger partial charge on any atom is -0.355 e. The molecule has 1 aromatic carbocycles. The van der Waals surface area contributed by atoms with Gasteiger partial charge in [0.25, 0.3) is 0 Å². The summed E-state index contributed by atoms with van der Waals surface area (Å²) in [5.74, 6) is 2.05. The molecule has 27 heavy (non-hydrogen) atoms. The second kappa shape index (κ2) is 6.21. The number of hydrogen-bond acceptors (Lipinski definition) is 6. The van der Waals surface area contributed by atoms with Gasteiger partial charge >= 0.3 is 0 Å². The van der Waals surface area contributed by atoms with Gasteiger partial charge in [-0.25, -0.2) is 9.97 Å². The SMILES string of the molecule is Cc1ccc(C)c2sc(N3CC4CN(c5ncccc5C#N)CC4C3)nc12. The monoisotopic (exact) mass is 375 g/mol. The minimum absolute atomic E-state index is 0.604. The highest BCUT2D eigenvalue weighted by atomic mass is 32.1. The molecule has 0 aliphatic carbocycles. The molecule has 6 heteroatoms. The Labute approximate surface area is 162 Å². The van der Waals surface area contributed by atoms with Crippen molar-refractivity contribution in [2.75, 3.05) is 36.0 Å². The van der Waals surface area contributed by atoms with Crippen LogP contribution >= 0.6 is 11.3 Å². The summed E-state index contributed by atoms with van der Waals surface area (Å²) in [6, 6.07) is 10.3. The van der Waals surface area contributed by atoms with Gasteiger partial charge in [0, 0.05) is 44.2 Å². The van der Waals surface area contributed by atoms with E-state index >= 15 is 0 Å². The maximum absolute atomic E-state index is 9.35. The number of rotatable bonds is 2. The van der Waals surface area contributed by atoms with E-state index in [1.54, 1.807) is 6.20 Å². The maximum atomic E-state index is 9.35. The van der Waals surface area contributed by atoms with Crippen molar-refractivity contribution in [3.63, 3.8) is 0 Å². The van der Waals surface area contributed by atoms with Gasteiger partial charge in [-0.2, -0.15) is 5.26 Å². The summed E-state index contributed by atoms with van der Waals surface area (Å²) in [4.78, 5) is 14.2. The number of anilines is 2. The van der Waals surface area contributed by atoms with Crippen molar-refractivity contribution in [1.82, 2.24) is 9.97 Å². The van der Waals surface area contributed by atoms with Gasteiger partial charge in [0.05, 0.1) is 15.8 Å². The largest absolute Gasteiger partial charge is 0.355 e. The lowest BCUT2D eigenvalue weighted by molar-refractivity contribution is 0.533. The van der Waals surface area contributed by atoms with Crippen LogP contribution in [0.1, 0.15) is 16.7 Å². The summed E-state index contributed by atoms with van der Waals surface area (Å²) in [5, 5.41) is 10.5. The lowest BCUT2D eigenvalue weighted by Crippen LogP contribution is -2.29. The smallest absolute Gasteiger partial charge is 0.186 e. The van der Waals surface area contributed by atoms with Crippen molar-refractivity contribution in [2.45, 2.75) is 13.8 Å². The fourth-order valence-corrected chi connectivity index (χ4v) is 5.57. The summed E-state index contributed by atoms with van der Waals surface area (Å²) in [6.07, 6.45) is 1.78. The first-order valence-corrected chi connectivity index (χ1v) is 10.2. The summed E-state index contributed by atoms with van der Waals surface area (Å²) in [5.41, 5.74) is 4.39. The Morgan fingerprint density at radius 2 is 1.74 bits per heavy atom. The van der Waals surface area contributed by atoms with Crippen LogP contribution in [0.3, 0.4) is 0 Å². The van der Waals surface area contributed by atoms with Crippen LogP contribution < -0.4 is 9.80 Å². The quantitative estimate of drug-likeness (QED) is 0.683. The standard InChI is InChI=1S/C21H21N5S/c1-13-5-6-14(2)19-18(13)24-21(27-19)26-11-16-9-25(10-17(16)12-26)20-15(8-22)4-3-7-23-20/h3-7,16-17H,9-12H2,1-2H3. The van der Waals surface area contributed by atoms with Crippen molar-refractivity contribution in [1.29, 1.82) is 5.26 Å². The average Bonchev–Trinajstić information content (AvgIpc) is 3.37. The van der Waals surface area contributed by atoms with E-state index in [1.165, 1.54) is 15.8 Å². The van der Waals surface area contributed by atoms with Gasteiger partial charge in [0.1, 0.15) is 11.9 Å². The van der Waals surface area contributed by atoms with Gasteiger partial charge in [0.15, 0.2) is 5.13 Å². The third-order valence-electron chi connectivity index (χ3n) is 5.89. The third-order valence-corrected chi connectivity index (χ3v) is 7.15. The Bertz CT molecular complexity index is 1010. The highest BCUT2D eigenvalue weighted by Gasteiger charge is 2.41. The van der Waals surface area contributed by atoms with E-state index in [0.717, 1.165) is 42.6 Å². The zero-order chi connectivity index (χ0) is 18.5. The first-order valence-electron chi connectivity index (χ1n) is 9.36. The first kappa shape index (κ1) is 16.5. The Morgan fingerprint density at radius 3 is 2.44 bits per heavy atom. The van der Waals surface area contributed by atoms with Crippen molar-refractivity contribution in [3.8, 4) is 6.07 Å². The van der Waals surface area contributed by atoms with Crippen molar-refractivity contribution >= 4 is 32.5 Å². The Kier molecular flexibility index (Phi) is 3.80. The summed E-state index contributed by atoms with van der Waals surface area (Å²) in [7, 11) is 0. The highest BCUT2D eigenvalue weighted by molar-refractivity contribution is 7.22. The Balaban J connectivity index is 1.37. The molecule has 0 amide bonds. The molecule has 4 heterocycles. The lowest BCUT2D eigenvalue weighted by Gasteiger charge is -2.22. The maximum Gasteiger partial charge on any atom is 0.186 e. The molecule has 5 nitrogen and oxygen atoms in total. The fourth-order valence-electron chi connectivity index (χ4n) is 4.44. The van der Waals surface area contributed by atoms with E-state index in [9.17, 15) is 5.26 Å². The number of nitriles is 1. The van der Waals surface area contributed by atoms with Crippen LogP contribution in [0, 0.1) is 37.0 Å². The van der Waals surface area contributed by atoms with Crippen LogP contribution in [0.25, 0.3) is 10.2 Å².